The van der Waals surface area contributed by atoms with Crippen LogP contribution in [0.4, 0.5) is 0 Å². The molecule has 1 rings (SSSR count). The Labute approximate surface area is 84.0 Å². The average Bonchev–Trinajstić information content (AvgIpc) is 2.04. The summed E-state index contributed by atoms with van der Waals surface area (Å²) in [6.45, 7) is 0. The van der Waals surface area contributed by atoms with Crippen molar-refractivity contribution in [3.8, 4) is 0 Å². The monoisotopic (exact) mass is 221 g/mol. The predicted molar refractivity (Wildman–Crippen MR) is 48.3 cm³/mol. The summed E-state index contributed by atoms with van der Waals surface area (Å²) in [5, 5.41) is 9.55. The normalized spacial score (nSPS) is 26.8. The van der Waals surface area contributed by atoms with Crippen LogP contribution in [-0.2, 0) is 4.79 Å². The standard InChI is InChI=1S/C7H5Cl2NO3/c8-6(11)7(9)3-1-2-5(4-7)10(12)13/h1-3H,4H2. The van der Waals surface area contributed by atoms with Gasteiger partial charge in [0, 0.05) is 6.08 Å². The van der Waals surface area contributed by atoms with Crippen molar-refractivity contribution in [2.24, 2.45) is 0 Å². The van der Waals surface area contributed by atoms with Gasteiger partial charge in [0.2, 0.25) is 10.9 Å². The van der Waals surface area contributed by atoms with Crippen LogP contribution in [-0.4, -0.2) is 15.0 Å². The SMILES string of the molecule is O=C(Cl)C1(Cl)C=CC=C([N+](=O)[O-])C1. The number of rotatable bonds is 2. The fraction of sp³-hybridized carbons (Fsp3) is 0.286. The molecule has 0 heterocycles. The lowest BCUT2D eigenvalue weighted by Crippen LogP contribution is -2.29. The zero-order chi connectivity index (χ0) is 10.1. The van der Waals surface area contributed by atoms with Crippen LogP contribution in [0.1, 0.15) is 6.42 Å². The third-order valence-corrected chi connectivity index (χ3v) is 2.51. The van der Waals surface area contributed by atoms with Crippen LogP contribution in [0.25, 0.3) is 0 Å². The van der Waals surface area contributed by atoms with E-state index in [0.29, 0.717) is 0 Å². The van der Waals surface area contributed by atoms with Crippen molar-refractivity contribution in [1.29, 1.82) is 0 Å². The van der Waals surface area contributed by atoms with E-state index >= 15 is 0 Å². The van der Waals surface area contributed by atoms with Crippen molar-refractivity contribution in [3.05, 3.63) is 34.0 Å². The number of nitro groups is 1. The first-order chi connectivity index (χ1) is 5.96. The van der Waals surface area contributed by atoms with Crippen LogP contribution in [0.15, 0.2) is 23.9 Å². The number of alkyl halides is 1. The molecule has 0 aliphatic heterocycles. The third-order valence-electron chi connectivity index (χ3n) is 1.65. The number of allylic oxidation sites excluding steroid dienone is 4. The number of carbonyl (C=O) groups is 1. The minimum Gasteiger partial charge on any atom is -0.279 e. The molecule has 0 fully saturated rings. The van der Waals surface area contributed by atoms with Gasteiger partial charge in [-0.25, -0.2) is 0 Å². The molecular weight excluding hydrogens is 217 g/mol. The van der Waals surface area contributed by atoms with E-state index in [2.05, 4.69) is 0 Å². The highest BCUT2D eigenvalue weighted by atomic mass is 35.5. The molecule has 1 unspecified atom stereocenters. The fourth-order valence-corrected chi connectivity index (χ4v) is 1.29. The smallest absolute Gasteiger partial charge is 0.248 e. The predicted octanol–water partition coefficient (Wildman–Crippen LogP) is 1.85. The Balaban J connectivity index is 2.92. The number of carbonyl (C=O) groups excluding carboxylic acids is 1. The van der Waals surface area contributed by atoms with Crippen molar-refractivity contribution in [3.63, 3.8) is 0 Å². The van der Waals surface area contributed by atoms with Gasteiger partial charge in [-0.2, -0.15) is 0 Å². The Bertz CT molecular complexity index is 324. The maximum atomic E-state index is 10.8. The quantitative estimate of drug-likeness (QED) is 0.310. The van der Waals surface area contributed by atoms with Crippen LogP contribution in [0, 0.1) is 10.1 Å². The van der Waals surface area contributed by atoms with Crippen molar-refractivity contribution in [2.45, 2.75) is 11.3 Å². The first-order valence-electron chi connectivity index (χ1n) is 3.37. The molecule has 0 spiro atoms. The summed E-state index contributed by atoms with van der Waals surface area (Å²) in [4.78, 5) is 19.1. The molecule has 0 saturated carbocycles. The molecular formula is C7H5Cl2NO3. The highest BCUT2D eigenvalue weighted by molar-refractivity contribution is 6.71. The van der Waals surface area contributed by atoms with Crippen molar-refractivity contribution in [1.82, 2.24) is 0 Å². The summed E-state index contributed by atoms with van der Waals surface area (Å²) in [5.41, 5.74) is -0.119. The highest BCUT2D eigenvalue weighted by Crippen LogP contribution is 2.31. The summed E-state index contributed by atoms with van der Waals surface area (Å²) < 4.78 is 0. The molecule has 1 atom stereocenters. The molecule has 0 aromatic carbocycles. The molecule has 0 aromatic rings. The van der Waals surface area contributed by atoms with E-state index in [9.17, 15) is 14.9 Å². The molecule has 0 amide bonds. The number of hydrogen-bond donors (Lipinski definition) is 0. The summed E-state index contributed by atoms with van der Waals surface area (Å²) >= 11 is 10.9. The molecule has 0 N–H and O–H groups in total. The fourth-order valence-electron chi connectivity index (χ4n) is 0.954. The lowest BCUT2D eigenvalue weighted by molar-refractivity contribution is -0.428. The van der Waals surface area contributed by atoms with E-state index in [4.69, 9.17) is 23.2 Å². The van der Waals surface area contributed by atoms with E-state index in [1.54, 1.807) is 0 Å². The number of halogens is 2. The van der Waals surface area contributed by atoms with Crippen LogP contribution < -0.4 is 0 Å². The molecule has 0 aromatic heterocycles. The van der Waals surface area contributed by atoms with Gasteiger partial charge < -0.3 is 0 Å². The second kappa shape index (κ2) is 3.47. The van der Waals surface area contributed by atoms with Gasteiger partial charge >= 0.3 is 0 Å². The molecule has 0 saturated heterocycles. The maximum absolute atomic E-state index is 10.8. The van der Waals surface area contributed by atoms with E-state index in [1.165, 1.54) is 18.2 Å². The van der Waals surface area contributed by atoms with Crippen LogP contribution in [0.3, 0.4) is 0 Å². The first kappa shape index (κ1) is 10.2. The highest BCUT2D eigenvalue weighted by Gasteiger charge is 2.38. The van der Waals surface area contributed by atoms with Gasteiger partial charge in [0.1, 0.15) is 4.87 Å². The van der Waals surface area contributed by atoms with Crippen LogP contribution >= 0.6 is 23.2 Å². The Morgan fingerprint density at radius 2 is 2.31 bits per heavy atom. The largest absolute Gasteiger partial charge is 0.279 e. The Morgan fingerprint density at radius 1 is 1.69 bits per heavy atom. The molecule has 6 heteroatoms. The van der Waals surface area contributed by atoms with E-state index < -0.39 is 15.0 Å². The summed E-state index contributed by atoms with van der Waals surface area (Å²) in [6, 6.07) is 0. The van der Waals surface area contributed by atoms with E-state index in [1.807, 2.05) is 0 Å². The molecule has 70 valence electrons. The summed E-state index contributed by atoms with van der Waals surface area (Å²) in [5.74, 6) is 0. The van der Waals surface area contributed by atoms with Gasteiger partial charge in [-0.1, -0.05) is 12.2 Å². The molecule has 4 nitrogen and oxygen atoms in total. The molecule has 0 bridgehead atoms. The van der Waals surface area contributed by atoms with Crippen molar-refractivity contribution < 1.29 is 9.72 Å². The zero-order valence-corrected chi connectivity index (χ0v) is 7.88. The minimum atomic E-state index is -1.46. The second-order valence-corrected chi connectivity index (χ2v) is 3.60. The molecule has 1 aliphatic rings. The number of hydrogen-bond acceptors (Lipinski definition) is 3. The maximum Gasteiger partial charge on any atom is 0.248 e. The molecule has 1 aliphatic carbocycles. The number of nitrogens with zero attached hydrogens (tertiary/aromatic N) is 1. The molecule has 0 radical (unpaired) electrons. The van der Waals surface area contributed by atoms with Crippen molar-refractivity contribution >= 4 is 28.4 Å². The van der Waals surface area contributed by atoms with Crippen LogP contribution in [0.2, 0.25) is 0 Å². The lowest BCUT2D eigenvalue weighted by atomic mass is 9.99. The van der Waals surface area contributed by atoms with E-state index in [0.717, 1.165) is 0 Å². The van der Waals surface area contributed by atoms with Gasteiger partial charge in [-0.15, -0.1) is 11.6 Å². The first-order valence-corrected chi connectivity index (χ1v) is 4.13. The summed E-state index contributed by atoms with van der Waals surface area (Å²) in [7, 11) is 0. The van der Waals surface area contributed by atoms with Gasteiger partial charge in [-0.3, -0.25) is 14.9 Å². The van der Waals surface area contributed by atoms with Crippen molar-refractivity contribution in [2.75, 3.05) is 0 Å². The molecule has 13 heavy (non-hydrogen) atoms. The third kappa shape index (κ3) is 2.08. The van der Waals surface area contributed by atoms with Crippen LogP contribution in [0.5, 0.6) is 0 Å². The minimum absolute atomic E-state index is 0.119. The van der Waals surface area contributed by atoms with Gasteiger partial charge in [-0.05, 0) is 11.6 Å². The van der Waals surface area contributed by atoms with Gasteiger partial charge in [0.15, 0.2) is 0 Å². The Kier molecular flexibility index (Phi) is 2.73. The van der Waals surface area contributed by atoms with Gasteiger partial charge in [0.25, 0.3) is 0 Å². The Hall–Kier alpha value is -0.870. The van der Waals surface area contributed by atoms with E-state index in [-0.39, 0.29) is 12.1 Å². The lowest BCUT2D eigenvalue weighted by Gasteiger charge is -2.18. The topological polar surface area (TPSA) is 60.2 Å². The second-order valence-electron chi connectivity index (χ2n) is 2.59. The average molecular weight is 222 g/mol. The summed E-state index contributed by atoms with van der Waals surface area (Å²) in [6.07, 6.45) is 3.81. The Morgan fingerprint density at radius 3 is 2.77 bits per heavy atom. The van der Waals surface area contributed by atoms with Gasteiger partial charge in [0.05, 0.1) is 11.3 Å². The zero-order valence-electron chi connectivity index (χ0n) is 6.37.